The number of halogens is 1. The Labute approximate surface area is 109 Å². The van der Waals surface area contributed by atoms with E-state index in [1.165, 1.54) is 11.6 Å². The molecule has 0 bridgehead atoms. The van der Waals surface area contributed by atoms with Gasteiger partial charge in [0, 0.05) is 11.6 Å². The molecular formula is C15H12FNS. The van der Waals surface area contributed by atoms with Gasteiger partial charge in [0.25, 0.3) is 0 Å². The Morgan fingerprint density at radius 2 is 1.78 bits per heavy atom. The summed E-state index contributed by atoms with van der Waals surface area (Å²) in [4.78, 5) is 4.36. The van der Waals surface area contributed by atoms with Gasteiger partial charge in [-0.1, -0.05) is 29.8 Å². The van der Waals surface area contributed by atoms with Gasteiger partial charge in [-0.3, -0.25) is 0 Å². The van der Waals surface area contributed by atoms with E-state index in [-0.39, 0.29) is 5.82 Å². The van der Waals surface area contributed by atoms with Gasteiger partial charge in [0.05, 0.1) is 15.2 Å². The third-order valence-corrected chi connectivity index (χ3v) is 3.94. The Morgan fingerprint density at radius 3 is 2.50 bits per heavy atom. The Hall–Kier alpha value is -1.74. The van der Waals surface area contributed by atoms with Gasteiger partial charge in [0.15, 0.2) is 0 Å². The van der Waals surface area contributed by atoms with Gasteiger partial charge in [0.1, 0.15) is 5.82 Å². The lowest BCUT2D eigenvalue weighted by atomic mass is 10.0. The minimum absolute atomic E-state index is 0.233. The zero-order chi connectivity index (χ0) is 12.7. The number of thiazole rings is 1. The van der Waals surface area contributed by atoms with Crippen molar-refractivity contribution in [2.45, 2.75) is 13.8 Å². The molecule has 3 heteroatoms. The van der Waals surface area contributed by atoms with Crippen LogP contribution in [0.3, 0.4) is 0 Å². The van der Waals surface area contributed by atoms with Crippen molar-refractivity contribution >= 4 is 21.6 Å². The topological polar surface area (TPSA) is 12.9 Å². The number of benzene rings is 2. The van der Waals surface area contributed by atoms with Crippen LogP contribution in [0.2, 0.25) is 0 Å². The van der Waals surface area contributed by atoms with Crippen LogP contribution in [0, 0.1) is 19.7 Å². The highest BCUT2D eigenvalue weighted by Gasteiger charge is 2.10. The molecule has 0 fully saturated rings. The molecule has 0 saturated heterocycles. The molecule has 1 heterocycles. The summed E-state index contributed by atoms with van der Waals surface area (Å²) in [6, 6.07) is 11.2. The summed E-state index contributed by atoms with van der Waals surface area (Å²) in [7, 11) is 0. The molecule has 2 aromatic carbocycles. The molecule has 3 aromatic rings. The van der Waals surface area contributed by atoms with Crippen molar-refractivity contribution in [2.75, 3.05) is 0 Å². The highest BCUT2D eigenvalue weighted by molar-refractivity contribution is 7.19. The Bertz CT molecular complexity index is 713. The summed E-state index contributed by atoms with van der Waals surface area (Å²) in [6.07, 6.45) is 0. The molecule has 0 saturated carbocycles. The highest BCUT2D eigenvalue weighted by atomic mass is 32.1. The second-order valence-electron chi connectivity index (χ2n) is 4.40. The van der Waals surface area contributed by atoms with Crippen LogP contribution in [-0.2, 0) is 0 Å². The number of hydrogen-bond donors (Lipinski definition) is 0. The molecular weight excluding hydrogens is 245 g/mol. The number of aryl methyl sites for hydroxylation is 2. The van der Waals surface area contributed by atoms with Crippen LogP contribution < -0.4 is 0 Å². The Morgan fingerprint density at radius 1 is 1.06 bits per heavy atom. The van der Waals surface area contributed by atoms with E-state index in [1.807, 2.05) is 38.1 Å². The van der Waals surface area contributed by atoms with E-state index < -0.39 is 0 Å². The quantitative estimate of drug-likeness (QED) is 0.614. The predicted molar refractivity (Wildman–Crippen MR) is 74.5 cm³/mol. The van der Waals surface area contributed by atoms with Crippen LogP contribution in [0.15, 0.2) is 36.4 Å². The Balaban J connectivity index is 2.30. The first-order valence-electron chi connectivity index (χ1n) is 5.77. The van der Waals surface area contributed by atoms with Gasteiger partial charge in [-0.2, -0.15) is 0 Å². The van der Waals surface area contributed by atoms with Gasteiger partial charge in [-0.05, 0) is 25.5 Å². The molecule has 0 radical (unpaired) electrons. The van der Waals surface area contributed by atoms with Gasteiger partial charge < -0.3 is 0 Å². The van der Waals surface area contributed by atoms with E-state index in [9.17, 15) is 4.39 Å². The van der Waals surface area contributed by atoms with Crippen molar-refractivity contribution in [3.63, 3.8) is 0 Å². The summed E-state index contributed by atoms with van der Waals surface area (Å²) in [6.45, 7) is 3.99. The van der Waals surface area contributed by atoms with Gasteiger partial charge in [-0.25, -0.2) is 9.37 Å². The lowest BCUT2D eigenvalue weighted by Crippen LogP contribution is -1.82. The molecule has 0 amide bonds. The average molecular weight is 257 g/mol. The number of fused-ring (bicyclic) bond motifs is 1. The number of nitrogens with zero attached hydrogens (tertiary/aromatic N) is 1. The van der Waals surface area contributed by atoms with Crippen molar-refractivity contribution in [3.05, 3.63) is 52.8 Å². The first kappa shape index (κ1) is 11.4. The van der Waals surface area contributed by atoms with Crippen LogP contribution in [0.1, 0.15) is 10.6 Å². The second-order valence-corrected chi connectivity index (χ2v) is 5.60. The van der Waals surface area contributed by atoms with Crippen LogP contribution in [-0.4, -0.2) is 4.98 Å². The van der Waals surface area contributed by atoms with E-state index in [0.29, 0.717) is 0 Å². The van der Waals surface area contributed by atoms with Gasteiger partial charge in [-0.15, -0.1) is 11.3 Å². The van der Waals surface area contributed by atoms with Crippen LogP contribution >= 0.6 is 11.3 Å². The molecule has 0 aliphatic heterocycles. The molecule has 0 N–H and O–H groups in total. The first-order chi connectivity index (χ1) is 8.63. The summed E-state index contributed by atoms with van der Waals surface area (Å²) < 4.78 is 14.7. The maximum atomic E-state index is 13.6. The monoisotopic (exact) mass is 257 g/mol. The zero-order valence-electron chi connectivity index (χ0n) is 10.2. The van der Waals surface area contributed by atoms with Crippen LogP contribution in [0.25, 0.3) is 21.3 Å². The number of hydrogen-bond acceptors (Lipinski definition) is 2. The Kier molecular flexibility index (Phi) is 2.63. The molecule has 1 aromatic heterocycles. The zero-order valence-corrected chi connectivity index (χ0v) is 11.0. The molecule has 18 heavy (non-hydrogen) atoms. The molecule has 3 rings (SSSR count). The van der Waals surface area contributed by atoms with Crippen molar-refractivity contribution < 1.29 is 4.39 Å². The lowest BCUT2D eigenvalue weighted by molar-refractivity contribution is 0.630. The normalized spacial score (nSPS) is 11.1. The van der Waals surface area contributed by atoms with Crippen LogP contribution in [0.5, 0.6) is 0 Å². The van der Waals surface area contributed by atoms with Crippen molar-refractivity contribution in [1.29, 1.82) is 0 Å². The molecule has 0 aliphatic carbocycles. The van der Waals surface area contributed by atoms with E-state index in [2.05, 4.69) is 4.98 Å². The summed E-state index contributed by atoms with van der Waals surface area (Å²) in [5, 5.41) is 0.962. The maximum Gasteiger partial charge on any atom is 0.126 e. The van der Waals surface area contributed by atoms with E-state index in [0.717, 1.165) is 26.4 Å². The smallest absolute Gasteiger partial charge is 0.126 e. The van der Waals surface area contributed by atoms with E-state index in [1.54, 1.807) is 17.4 Å². The third kappa shape index (κ3) is 1.91. The minimum Gasteiger partial charge on any atom is -0.241 e. The van der Waals surface area contributed by atoms with Crippen LogP contribution in [0.4, 0.5) is 4.39 Å². The van der Waals surface area contributed by atoms with Gasteiger partial charge >= 0.3 is 0 Å². The highest BCUT2D eigenvalue weighted by Crippen LogP contribution is 2.33. The maximum absolute atomic E-state index is 13.6. The molecule has 0 unspecified atom stereocenters. The fourth-order valence-corrected chi connectivity index (χ4v) is 2.99. The molecule has 0 aliphatic rings. The number of aromatic nitrogens is 1. The SMILES string of the molecule is Cc1ccc(-c2cc(F)cc3nc(C)sc23)cc1. The average Bonchev–Trinajstić information content (AvgIpc) is 2.69. The second kappa shape index (κ2) is 4.18. The minimum atomic E-state index is -0.233. The molecule has 0 spiro atoms. The molecule has 90 valence electrons. The van der Waals surface area contributed by atoms with Crippen molar-refractivity contribution in [2.24, 2.45) is 0 Å². The summed E-state index contributed by atoms with van der Waals surface area (Å²) in [5.41, 5.74) is 3.91. The van der Waals surface area contributed by atoms with Crippen molar-refractivity contribution in [1.82, 2.24) is 4.98 Å². The van der Waals surface area contributed by atoms with E-state index >= 15 is 0 Å². The third-order valence-electron chi connectivity index (χ3n) is 2.92. The number of rotatable bonds is 1. The summed E-state index contributed by atoms with van der Waals surface area (Å²) >= 11 is 1.61. The fourth-order valence-electron chi connectivity index (χ4n) is 2.06. The van der Waals surface area contributed by atoms with E-state index in [4.69, 9.17) is 0 Å². The fraction of sp³-hybridized carbons (Fsp3) is 0.133. The molecule has 0 atom stereocenters. The predicted octanol–water partition coefficient (Wildman–Crippen LogP) is 4.72. The van der Waals surface area contributed by atoms with Crippen molar-refractivity contribution in [3.8, 4) is 11.1 Å². The first-order valence-corrected chi connectivity index (χ1v) is 6.59. The largest absolute Gasteiger partial charge is 0.241 e. The lowest BCUT2D eigenvalue weighted by Gasteiger charge is -2.04. The standard InChI is InChI=1S/C15H12FNS/c1-9-3-5-11(6-4-9)13-7-12(16)8-14-15(13)18-10(2)17-14/h3-8H,1-2H3. The summed E-state index contributed by atoms with van der Waals surface area (Å²) in [5.74, 6) is -0.233. The van der Waals surface area contributed by atoms with Gasteiger partial charge in [0.2, 0.25) is 0 Å². The molecule has 1 nitrogen and oxygen atoms in total.